The first kappa shape index (κ1) is 35.3. The highest BCUT2D eigenvalue weighted by Crippen LogP contribution is 2.52. The molecule has 3 aromatic carbocycles. The monoisotopic (exact) mass is 624 g/mol. The van der Waals surface area contributed by atoms with E-state index in [1.165, 1.54) is 121 Å². The fraction of sp³-hybridized carbons (Fsp3) is 0.535. The Morgan fingerprint density at radius 3 is 1.64 bits per heavy atom. The fourth-order valence-corrected chi connectivity index (χ4v) is 7.46. The SMILES string of the molecule is C#CC1(c2ccc(Cl)cc2)c2ccccc2-c2ccc(C(O)CCCCCCCCCCCCCCCCCCCCC)cc21. The molecule has 1 aliphatic rings. The van der Waals surface area contributed by atoms with E-state index in [4.69, 9.17) is 18.0 Å². The van der Waals surface area contributed by atoms with E-state index < -0.39 is 11.5 Å². The Morgan fingerprint density at radius 2 is 1.11 bits per heavy atom. The minimum atomic E-state index is -0.695. The molecule has 0 saturated carbocycles. The van der Waals surface area contributed by atoms with E-state index in [-0.39, 0.29) is 0 Å². The Labute approximate surface area is 280 Å². The maximum Gasteiger partial charge on any atom is 0.107 e. The third kappa shape index (κ3) is 9.73. The summed E-state index contributed by atoms with van der Waals surface area (Å²) < 4.78 is 0. The molecule has 1 aliphatic carbocycles. The summed E-state index contributed by atoms with van der Waals surface area (Å²) in [5, 5.41) is 11.9. The first-order chi connectivity index (χ1) is 22.1. The number of aliphatic hydroxyl groups is 1. The van der Waals surface area contributed by atoms with Crippen molar-refractivity contribution in [2.75, 3.05) is 0 Å². The summed E-state index contributed by atoms with van der Waals surface area (Å²) in [5.74, 6) is 3.17. The van der Waals surface area contributed by atoms with E-state index >= 15 is 0 Å². The fourth-order valence-electron chi connectivity index (χ4n) is 7.34. The highest BCUT2D eigenvalue weighted by atomic mass is 35.5. The van der Waals surface area contributed by atoms with Crippen molar-refractivity contribution < 1.29 is 5.11 Å². The molecule has 1 nitrogen and oxygen atoms in total. The van der Waals surface area contributed by atoms with Gasteiger partial charge in [0.15, 0.2) is 0 Å². The Balaban J connectivity index is 1.13. The number of hydrogen-bond donors (Lipinski definition) is 1. The van der Waals surface area contributed by atoms with Crippen LogP contribution in [0.1, 0.15) is 164 Å². The predicted molar refractivity (Wildman–Crippen MR) is 195 cm³/mol. The van der Waals surface area contributed by atoms with Crippen molar-refractivity contribution >= 4 is 11.6 Å². The van der Waals surface area contributed by atoms with Gasteiger partial charge in [-0.05, 0) is 51.9 Å². The van der Waals surface area contributed by atoms with Gasteiger partial charge in [0, 0.05) is 5.02 Å². The second-order valence-corrected chi connectivity index (χ2v) is 13.9. The van der Waals surface area contributed by atoms with E-state index in [9.17, 15) is 5.11 Å². The summed E-state index contributed by atoms with van der Waals surface area (Å²) in [6.07, 6.45) is 32.7. The second-order valence-electron chi connectivity index (χ2n) is 13.4. The Hall–Kier alpha value is -2.53. The molecule has 0 heterocycles. The zero-order chi connectivity index (χ0) is 31.7. The highest BCUT2D eigenvalue weighted by molar-refractivity contribution is 6.30. The van der Waals surface area contributed by atoms with Gasteiger partial charge in [0.1, 0.15) is 5.41 Å². The minimum absolute atomic E-state index is 0.481. The van der Waals surface area contributed by atoms with Gasteiger partial charge < -0.3 is 5.11 Å². The molecule has 0 spiro atoms. The third-order valence-corrected chi connectivity index (χ3v) is 10.3. The van der Waals surface area contributed by atoms with E-state index in [0.29, 0.717) is 5.02 Å². The van der Waals surface area contributed by atoms with Crippen molar-refractivity contribution in [2.45, 2.75) is 147 Å². The predicted octanol–water partition coefficient (Wildman–Crippen LogP) is 13.1. The van der Waals surface area contributed by atoms with Gasteiger partial charge in [-0.25, -0.2) is 0 Å². The molecule has 4 rings (SSSR count). The molecule has 0 bridgehead atoms. The minimum Gasteiger partial charge on any atom is -0.388 e. The molecule has 45 heavy (non-hydrogen) atoms. The Morgan fingerprint density at radius 1 is 0.622 bits per heavy atom. The van der Waals surface area contributed by atoms with Gasteiger partial charge in [-0.3, -0.25) is 0 Å². The van der Waals surface area contributed by atoms with Crippen LogP contribution in [-0.4, -0.2) is 5.11 Å². The largest absolute Gasteiger partial charge is 0.388 e. The summed E-state index contributed by atoms with van der Waals surface area (Å²) >= 11 is 6.24. The molecule has 0 aromatic heterocycles. The maximum atomic E-state index is 11.2. The Bertz CT molecular complexity index is 1320. The van der Waals surface area contributed by atoms with Gasteiger partial charge in [0.05, 0.1) is 6.10 Å². The molecule has 3 aromatic rings. The van der Waals surface area contributed by atoms with E-state index in [1.54, 1.807) is 0 Å². The van der Waals surface area contributed by atoms with Gasteiger partial charge in [0.25, 0.3) is 0 Å². The normalized spacial score (nSPS) is 15.9. The number of fused-ring (bicyclic) bond motifs is 3. The third-order valence-electron chi connectivity index (χ3n) is 10.0. The average molecular weight is 625 g/mol. The van der Waals surface area contributed by atoms with Crippen LogP contribution in [0.4, 0.5) is 0 Å². The lowest BCUT2D eigenvalue weighted by molar-refractivity contribution is 0.163. The van der Waals surface area contributed by atoms with Crippen molar-refractivity contribution in [3.63, 3.8) is 0 Å². The topological polar surface area (TPSA) is 20.2 Å². The number of hydrogen-bond acceptors (Lipinski definition) is 1. The molecule has 0 aliphatic heterocycles. The molecular weight excluding hydrogens is 568 g/mol. The van der Waals surface area contributed by atoms with Gasteiger partial charge in [-0.2, -0.15) is 0 Å². The highest BCUT2D eigenvalue weighted by Gasteiger charge is 2.43. The number of rotatable bonds is 22. The lowest BCUT2D eigenvalue weighted by atomic mass is 9.73. The van der Waals surface area contributed by atoms with Crippen LogP contribution in [0.25, 0.3) is 11.1 Å². The molecule has 2 heteroatoms. The number of aliphatic hydroxyl groups excluding tert-OH is 1. The molecule has 1 N–H and O–H groups in total. The quantitative estimate of drug-likeness (QED) is 0.0870. The van der Waals surface area contributed by atoms with E-state index in [0.717, 1.165) is 40.7 Å². The van der Waals surface area contributed by atoms with Gasteiger partial charge in [-0.15, -0.1) is 6.42 Å². The van der Waals surface area contributed by atoms with E-state index in [1.807, 2.05) is 24.3 Å². The first-order valence-electron chi connectivity index (χ1n) is 18.3. The van der Waals surface area contributed by atoms with Crippen LogP contribution in [0.3, 0.4) is 0 Å². The van der Waals surface area contributed by atoms with Gasteiger partial charge in [-0.1, -0.05) is 201 Å². The number of halogens is 1. The molecule has 0 radical (unpaired) electrons. The maximum absolute atomic E-state index is 11.2. The van der Waals surface area contributed by atoms with Crippen LogP contribution < -0.4 is 0 Å². The summed E-state index contributed by atoms with van der Waals surface area (Å²) in [4.78, 5) is 0. The number of benzene rings is 3. The summed E-state index contributed by atoms with van der Waals surface area (Å²) in [5.41, 5.74) is 5.81. The molecule has 242 valence electrons. The first-order valence-corrected chi connectivity index (χ1v) is 18.7. The van der Waals surface area contributed by atoms with E-state index in [2.05, 4.69) is 55.3 Å². The number of unbranched alkanes of at least 4 members (excludes halogenated alkanes) is 18. The summed E-state index contributed by atoms with van der Waals surface area (Å²) in [6.45, 7) is 2.29. The zero-order valence-electron chi connectivity index (χ0n) is 28.0. The van der Waals surface area contributed by atoms with Crippen LogP contribution in [0.15, 0.2) is 66.7 Å². The molecule has 0 fully saturated rings. The zero-order valence-corrected chi connectivity index (χ0v) is 28.7. The van der Waals surface area contributed by atoms with Crippen molar-refractivity contribution in [3.05, 3.63) is 94.0 Å². The van der Waals surface area contributed by atoms with Crippen LogP contribution in [0.5, 0.6) is 0 Å². The van der Waals surface area contributed by atoms with Gasteiger partial charge in [0.2, 0.25) is 0 Å². The van der Waals surface area contributed by atoms with Crippen molar-refractivity contribution in [1.29, 1.82) is 0 Å². The van der Waals surface area contributed by atoms with Crippen molar-refractivity contribution in [3.8, 4) is 23.5 Å². The lowest BCUT2D eigenvalue weighted by Gasteiger charge is -2.28. The average Bonchev–Trinajstić information content (AvgIpc) is 3.36. The smallest absolute Gasteiger partial charge is 0.107 e. The van der Waals surface area contributed by atoms with Crippen LogP contribution in [0, 0.1) is 12.3 Å². The standard InChI is InChI=1S/C43H57ClO/c1-3-5-6-7-8-9-10-11-12-13-14-15-16-17-18-19-20-21-22-27-42(45)35-28-33-39-38-25-23-24-26-40(38)43(4-2,41(39)34-35)36-29-31-37(44)32-30-36/h2,23-26,28-34,42,45H,3,5-22,27H2,1H3. The molecular formula is C43H57ClO. The molecule has 2 unspecified atom stereocenters. The van der Waals surface area contributed by atoms with Crippen LogP contribution in [0.2, 0.25) is 5.02 Å². The molecule has 0 saturated heterocycles. The van der Waals surface area contributed by atoms with Gasteiger partial charge >= 0.3 is 0 Å². The summed E-state index contributed by atoms with van der Waals surface area (Å²) in [6, 6.07) is 22.7. The van der Waals surface area contributed by atoms with Crippen LogP contribution in [-0.2, 0) is 5.41 Å². The lowest BCUT2D eigenvalue weighted by Crippen LogP contribution is -2.25. The summed E-state index contributed by atoms with van der Waals surface area (Å²) in [7, 11) is 0. The number of terminal acetylenes is 1. The molecule has 0 amide bonds. The molecule has 2 atom stereocenters. The van der Waals surface area contributed by atoms with Crippen molar-refractivity contribution in [1.82, 2.24) is 0 Å². The Kier molecular flexibility index (Phi) is 15.1. The van der Waals surface area contributed by atoms with Crippen LogP contribution >= 0.6 is 11.6 Å². The van der Waals surface area contributed by atoms with Crippen molar-refractivity contribution in [2.24, 2.45) is 0 Å². The second kappa shape index (κ2) is 19.2.